The molecule has 4 heteroatoms. The Labute approximate surface area is 196 Å². The summed E-state index contributed by atoms with van der Waals surface area (Å²) < 4.78 is 11.0. The third-order valence-electron chi connectivity index (χ3n) is 1.48. The smallest absolute Gasteiger partial charge is 0.0616 e. The van der Waals surface area contributed by atoms with E-state index < -0.39 is 17.6 Å². The van der Waals surface area contributed by atoms with Crippen LogP contribution in [0.3, 0.4) is 0 Å². The predicted octanol–water partition coefficient (Wildman–Crippen LogP) is 11.0. The predicted molar refractivity (Wildman–Crippen MR) is 165 cm³/mol. The van der Waals surface area contributed by atoms with E-state index in [1.54, 1.807) is 0 Å². The lowest BCUT2D eigenvalue weighted by molar-refractivity contribution is 0.118. The molecule has 0 heterocycles. The highest BCUT2D eigenvalue weighted by Crippen LogP contribution is 1.89. The summed E-state index contributed by atoms with van der Waals surface area (Å²) >= 11 is 0. The molecule has 0 N–H and O–H groups in total. The fourth-order valence-corrected chi connectivity index (χ4v) is 2.18. The van der Waals surface area contributed by atoms with Crippen molar-refractivity contribution in [2.45, 2.75) is 144 Å². The van der Waals surface area contributed by atoms with Crippen molar-refractivity contribution in [3.05, 3.63) is 0 Å². The summed E-state index contributed by atoms with van der Waals surface area (Å²) in [5.41, 5.74) is 0. The topological polar surface area (TPSA) is 18.5 Å². The van der Waals surface area contributed by atoms with E-state index in [-0.39, 0.29) is 111 Å². The average Bonchev–Trinajstić information content (AvgIpc) is 2.01. The molecule has 0 fully saturated rings. The standard InChI is InChI=1S/C9H24O2Si2.15CH4/c1-12(2)8-10-6-5-7-11-9-13(3)4;;;;;;;;;;;;;;;/h12-13H,5-9H2,1-4H3;15*1H4. The number of hydrogen-bond acceptors (Lipinski definition) is 2. The molecule has 0 aliphatic heterocycles. The van der Waals surface area contributed by atoms with Crippen LogP contribution in [0.15, 0.2) is 0 Å². The monoisotopic (exact) mass is 461 g/mol. The fourth-order valence-electron chi connectivity index (χ4n) is 0.901. The van der Waals surface area contributed by atoms with Gasteiger partial charge in [-0.1, -0.05) is 138 Å². The number of hydrogen-bond donors (Lipinski definition) is 0. The summed E-state index contributed by atoms with van der Waals surface area (Å²) in [7, 11) is -1.00. The number of ether oxygens (including phenoxy) is 2. The SMILES string of the molecule is C.C.C.C.C.C.C.C.C.C.C.C.C.C.C.C[SiH](C)COCCCOC[SiH](C)C. The van der Waals surface area contributed by atoms with Gasteiger partial charge in [-0.3, -0.25) is 0 Å². The minimum Gasteiger partial charge on any atom is -0.385 e. The molecular formula is C24H84O2Si2. The zero-order valence-corrected chi connectivity index (χ0v) is 11.8. The summed E-state index contributed by atoms with van der Waals surface area (Å²) in [4.78, 5) is 0. The Balaban J connectivity index is -0.00000000686. The molecule has 0 atom stereocenters. The van der Waals surface area contributed by atoms with E-state index in [0.717, 1.165) is 32.1 Å². The van der Waals surface area contributed by atoms with Crippen molar-refractivity contribution in [2.24, 2.45) is 0 Å². The zero-order chi connectivity index (χ0) is 10.1. The first kappa shape index (κ1) is 139. The molecule has 0 aliphatic rings. The van der Waals surface area contributed by atoms with Gasteiger partial charge in [0.1, 0.15) is 0 Å². The van der Waals surface area contributed by atoms with Crippen molar-refractivity contribution in [1.82, 2.24) is 0 Å². The second-order valence-electron chi connectivity index (χ2n) is 4.29. The molecule has 0 amide bonds. The Morgan fingerprint density at radius 2 is 0.571 bits per heavy atom. The lowest BCUT2D eigenvalue weighted by atomic mass is 10.5. The van der Waals surface area contributed by atoms with Crippen molar-refractivity contribution in [1.29, 1.82) is 0 Å². The van der Waals surface area contributed by atoms with Crippen LogP contribution in [0, 0.1) is 0 Å². The van der Waals surface area contributed by atoms with Crippen LogP contribution in [0.5, 0.6) is 0 Å². The van der Waals surface area contributed by atoms with Gasteiger partial charge in [-0.05, 0) is 6.42 Å². The minimum absolute atomic E-state index is 0. The molecule has 0 rings (SSSR count). The molecule has 0 aromatic heterocycles. The lowest BCUT2D eigenvalue weighted by Gasteiger charge is -2.07. The molecule has 0 saturated heterocycles. The molecule has 0 aromatic carbocycles. The van der Waals surface area contributed by atoms with Crippen LogP contribution in [0.1, 0.15) is 118 Å². The normalized spacial score (nSPS) is 5.36. The van der Waals surface area contributed by atoms with Gasteiger partial charge >= 0.3 is 0 Å². The highest BCUT2D eigenvalue weighted by Gasteiger charge is 1.97. The van der Waals surface area contributed by atoms with Crippen molar-refractivity contribution in [2.75, 3.05) is 25.7 Å². The first-order chi connectivity index (χ1) is 6.13. The van der Waals surface area contributed by atoms with Crippen molar-refractivity contribution in [3.8, 4) is 0 Å². The largest absolute Gasteiger partial charge is 0.385 e. The zero-order valence-electron chi connectivity index (χ0n) is 9.51. The quantitative estimate of drug-likeness (QED) is 0.264. The molecule has 0 spiro atoms. The highest BCUT2D eigenvalue weighted by atomic mass is 28.3. The average molecular weight is 461 g/mol. The van der Waals surface area contributed by atoms with E-state index in [9.17, 15) is 0 Å². The summed E-state index contributed by atoms with van der Waals surface area (Å²) in [5, 5.41) is 0. The second kappa shape index (κ2) is 107. The van der Waals surface area contributed by atoms with Crippen molar-refractivity contribution >= 4 is 17.6 Å². The summed E-state index contributed by atoms with van der Waals surface area (Å²) in [5.74, 6) is 0. The van der Waals surface area contributed by atoms with Gasteiger partial charge in [0.15, 0.2) is 0 Å². The third kappa shape index (κ3) is 158. The van der Waals surface area contributed by atoms with E-state index >= 15 is 0 Å². The molecule has 200 valence electrons. The molecule has 0 aromatic rings. The van der Waals surface area contributed by atoms with Gasteiger partial charge in [0.05, 0.1) is 17.6 Å². The molecule has 2 nitrogen and oxygen atoms in total. The number of rotatable bonds is 8. The second-order valence-corrected chi connectivity index (χ2v) is 10.5. The Kier molecular flexibility index (Phi) is 529. The van der Waals surface area contributed by atoms with Gasteiger partial charge in [0.25, 0.3) is 0 Å². The van der Waals surface area contributed by atoms with Crippen molar-refractivity contribution in [3.63, 3.8) is 0 Å². The Bertz CT molecular complexity index is 101. The summed E-state index contributed by atoms with van der Waals surface area (Å²) in [6.07, 6.45) is 3.08. The van der Waals surface area contributed by atoms with E-state index in [2.05, 4.69) is 26.2 Å². The fraction of sp³-hybridized carbons (Fsp3) is 1.00. The van der Waals surface area contributed by atoms with Crippen LogP contribution in [0.4, 0.5) is 0 Å². The van der Waals surface area contributed by atoms with Crippen LogP contribution in [0.2, 0.25) is 26.2 Å². The third-order valence-corrected chi connectivity index (χ3v) is 3.28. The molecular weight excluding hydrogens is 376 g/mol. The highest BCUT2D eigenvalue weighted by molar-refractivity contribution is 6.55. The molecule has 0 unspecified atom stereocenters. The van der Waals surface area contributed by atoms with Gasteiger partial charge in [0.2, 0.25) is 0 Å². The Morgan fingerprint density at radius 1 is 0.393 bits per heavy atom. The van der Waals surface area contributed by atoms with Gasteiger partial charge < -0.3 is 9.47 Å². The molecule has 0 radical (unpaired) electrons. The molecule has 0 saturated carbocycles. The van der Waals surface area contributed by atoms with Gasteiger partial charge in [-0.15, -0.1) is 0 Å². The Hall–Kier alpha value is 0.354. The van der Waals surface area contributed by atoms with Crippen molar-refractivity contribution < 1.29 is 9.47 Å². The van der Waals surface area contributed by atoms with Gasteiger partial charge in [0, 0.05) is 25.7 Å². The van der Waals surface area contributed by atoms with Crippen LogP contribution in [0.25, 0.3) is 0 Å². The molecule has 28 heavy (non-hydrogen) atoms. The van der Waals surface area contributed by atoms with Crippen LogP contribution < -0.4 is 0 Å². The first-order valence-corrected chi connectivity index (χ1v) is 11.5. The Morgan fingerprint density at radius 3 is 0.714 bits per heavy atom. The van der Waals surface area contributed by atoms with E-state index in [0.29, 0.717) is 0 Å². The van der Waals surface area contributed by atoms with Gasteiger partial charge in [-0.2, -0.15) is 0 Å². The summed E-state index contributed by atoms with van der Waals surface area (Å²) in [6.45, 7) is 11.0. The molecule has 0 bridgehead atoms. The van der Waals surface area contributed by atoms with Crippen LogP contribution in [-0.2, 0) is 9.47 Å². The van der Waals surface area contributed by atoms with Crippen LogP contribution in [-0.4, -0.2) is 43.3 Å². The summed E-state index contributed by atoms with van der Waals surface area (Å²) in [6, 6.07) is 0. The van der Waals surface area contributed by atoms with E-state index in [1.807, 2.05) is 0 Å². The lowest BCUT2D eigenvalue weighted by Crippen LogP contribution is -2.15. The van der Waals surface area contributed by atoms with Crippen LogP contribution >= 0.6 is 0 Å². The van der Waals surface area contributed by atoms with E-state index in [1.165, 1.54) is 0 Å². The molecule has 0 aliphatic carbocycles. The van der Waals surface area contributed by atoms with E-state index in [4.69, 9.17) is 9.47 Å². The minimum atomic E-state index is -0.502. The maximum Gasteiger partial charge on any atom is 0.0616 e. The maximum atomic E-state index is 5.50. The van der Waals surface area contributed by atoms with Gasteiger partial charge in [-0.25, -0.2) is 0 Å². The first-order valence-electron chi connectivity index (χ1n) is 5.28. The maximum absolute atomic E-state index is 5.50.